The molecule has 13 heteroatoms. The summed E-state index contributed by atoms with van der Waals surface area (Å²) in [6.07, 6.45) is 11.6. The number of nitrogens with two attached hydrogens (primary N) is 3. The number of amides is 3. The molecule has 349 valence electrons. The molecule has 2 saturated carbocycles. The number of likely N-dealkylation sites (N-methyl/N-ethyl adjacent to an activating group) is 1. The number of hydrogen-bond donors (Lipinski definition) is 5. The van der Waals surface area contributed by atoms with Gasteiger partial charge >= 0.3 is 6.09 Å². The average molecular weight is 890 g/mol. The summed E-state index contributed by atoms with van der Waals surface area (Å²) in [6.45, 7) is 1.96. The summed E-state index contributed by atoms with van der Waals surface area (Å²) in [7, 11) is 1.47. The van der Waals surface area contributed by atoms with E-state index < -0.39 is 65.1 Å². The van der Waals surface area contributed by atoms with Crippen LogP contribution in [0.4, 0.5) is 4.79 Å². The van der Waals surface area contributed by atoms with Crippen LogP contribution in [0.25, 0.3) is 11.1 Å². The van der Waals surface area contributed by atoms with Crippen LogP contribution in [0.5, 0.6) is 0 Å². The summed E-state index contributed by atoms with van der Waals surface area (Å²) in [5.74, 6) is -3.99. The molecule has 0 spiro atoms. The number of nitrogens with zero attached hydrogens (tertiary/aromatic N) is 1. The van der Waals surface area contributed by atoms with E-state index in [-0.39, 0.29) is 37.2 Å². The number of nitrogens with one attached hydrogen (secondary N) is 2. The highest BCUT2D eigenvalue weighted by Crippen LogP contribution is 2.44. The second-order valence-electron chi connectivity index (χ2n) is 18.6. The number of carbonyl (C=O) groups excluding carboxylic acids is 6. The first-order valence-electron chi connectivity index (χ1n) is 23.8. The van der Waals surface area contributed by atoms with Gasteiger partial charge in [0.2, 0.25) is 18.1 Å². The van der Waals surface area contributed by atoms with E-state index in [1.807, 2.05) is 85.1 Å². The number of hydrogen-bond acceptors (Lipinski definition) is 10. The fourth-order valence-corrected chi connectivity index (χ4v) is 10.5. The lowest BCUT2D eigenvalue weighted by Gasteiger charge is -2.41. The van der Waals surface area contributed by atoms with Gasteiger partial charge in [-0.3, -0.25) is 24.0 Å². The maximum atomic E-state index is 14.8. The Bertz CT molecular complexity index is 2060. The van der Waals surface area contributed by atoms with Crippen LogP contribution in [0.3, 0.4) is 0 Å². The predicted molar refractivity (Wildman–Crippen MR) is 251 cm³/mol. The molecule has 3 aromatic rings. The van der Waals surface area contributed by atoms with Gasteiger partial charge in [0.05, 0.1) is 18.0 Å². The largest absolute Gasteiger partial charge is 0.449 e. The molecule has 3 aromatic carbocycles. The molecule has 0 heterocycles. The zero-order valence-electron chi connectivity index (χ0n) is 38.2. The van der Waals surface area contributed by atoms with E-state index in [0.717, 1.165) is 79.2 Å². The number of fused-ring (bicyclic) bond motifs is 3. The van der Waals surface area contributed by atoms with Gasteiger partial charge in [-0.1, -0.05) is 130 Å². The Balaban J connectivity index is 1.19. The summed E-state index contributed by atoms with van der Waals surface area (Å²) in [5, 5.41) is 5.67. The number of carbonyl (C=O) groups is 5. The summed E-state index contributed by atoms with van der Waals surface area (Å²) in [6, 6.07) is 20.8. The van der Waals surface area contributed by atoms with E-state index in [9.17, 15) is 28.8 Å². The Morgan fingerprint density at radius 3 is 1.98 bits per heavy atom. The van der Waals surface area contributed by atoms with Crippen LogP contribution in [-0.4, -0.2) is 90.6 Å². The van der Waals surface area contributed by atoms with Crippen molar-refractivity contribution in [3.8, 4) is 11.1 Å². The van der Waals surface area contributed by atoms with Crippen LogP contribution in [0, 0.1) is 17.8 Å². The Kier molecular flexibility index (Phi) is 17.6. The van der Waals surface area contributed by atoms with Crippen LogP contribution >= 0.6 is 0 Å². The van der Waals surface area contributed by atoms with Gasteiger partial charge in [0.1, 0.15) is 18.7 Å². The highest BCUT2D eigenvalue weighted by Gasteiger charge is 2.53. The number of Topliss-reactive ketones (excluding diaryl/α,β-unsaturated/α-hetero) is 2. The van der Waals surface area contributed by atoms with E-state index in [2.05, 4.69) is 10.6 Å². The van der Waals surface area contributed by atoms with Crippen LogP contribution in [0.2, 0.25) is 0 Å². The molecule has 3 aliphatic carbocycles. The monoisotopic (exact) mass is 890 g/mol. The molecule has 3 amide bonds. The van der Waals surface area contributed by atoms with Crippen LogP contribution < -0.4 is 27.8 Å². The minimum absolute atomic E-state index is 0.0439. The molecule has 2 fully saturated rings. The first kappa shape index (κ1) is 49.2. The molecule has 6 rings (SSSR count). The molecule has 1 radical (unpaired) electrons. The van der Waals surface area contributed by atoms with Gasteiger partial charge in [-0.05, 0) is 91.6 Å². The lowest BCUT2D eigenvalue weighted by molar-refractivity contribution is -0.145. The Hall–Kier alpha value is -5.24. The summed E-state index contributed by atoms with van der Waals surface area (Å²) >= 11 is 0. The van der Waals surface area contributed by atoms with Crippen molar-refractivity contribution in [1.82, 2.24) is 15.5 Å². The summed E-state index contributed by atoms with van der Waals surface area (Å²) < 4.78 is 5.84. The SMILES string of the molecule is C[C@@H](C(=O)C(C1CCCCC1)[C@](N)([C]=O)C(=O)[C@H](N)CC1CCCCC1)N(C)C(=O)[C@H](CCCCN)NC(=O)[C@H](Cc1ccccc1)NC(=O)OCC1c2ccccc2-c2ccccc21. The molecule has 8 N–H and O–H groups in total. The molecule has 65 heavy (non-hydrogen) atoms. The topological polar surface area (TPSA) is 217 Å². The van der Waals surface area contributed by atoms with Crippen molar-refractivity contribution in [2.24, 2.45) is 35.0 Å². The number of alkyl carbamates (subject to hydrolysis) is 1. The fraction of sp³-hybridized carbons (Fsp3) is 0.538. The van der Waals surface area contributed by atoms with Crippen molar-refractivity contribution in [3.63, 3.8) is 0 Å². The molecular formula is C52H69N6O7. The quantitative estimate of drug-likeness (QED) is 0.0583. The third-order valence-electron chi connectivity index (χ3n) is 14.3. The zero-order chi connectivity index (χ0) is 46.5. The van der Waals surface area contributed by atoms with Gasteiger partial charge in [-0.15, -0.1) is 0 Å². The van der Waals surface area contributed by atoms with Gasteiger partial charge in [0.15, 0.2) is 17.1 Å². The number of ketones is 2. The van der Waals surface area contributed by atoms with E-state index in [0.29, 0.717) is 38.6 Å². The number of ether oxygens (including phenoxy) is 1. The van der Waals surface area contributed by atoms with E-state index in [1.54, 1.807) is 6.92 Å². The smallest absolute Gasteiger partial charge is 0.407 e. The van der Waals surface area contributed by atoms with Crippen LogP contribution in [0.15, 0.2) is 78.9 Å². The van der Waals surface area contributed by atoms with Crippen molar-refractivity contribution < 1.29 is 33.5 Å². The van der Waals surface area contributed by atoms with Gasteiger partial charge in [-0.25, -0.2) is 4.79 Å². The first-order valence-corrected chi connectivity index (χ1v) is 23.8. The maximum absolute atomic E-state index is 14.8. The number of benzene rings is 3. The molecule has 0 aliphatic heterocycles. The second-order valence-corrected chi connectivity index (χ2v) is 18.6. The molecule has 1 unspecified atom stereocenters. The molecular weight excluding hydrogens is 821 g/mol. The van der Waals surface area contributed by atoms with Crippen LogP contribution in [-0.2, 0) is 35.1 Å². The molecule has 3 aliphatic rings. The molecule has 0 saturated heterocycles. The lowest BCUT2D eigenvalue weighted by atomic mass is 9.65. The Morgan fingerprint density at radius 1 is 0.800 bits per heavy atom. The van der Waals surface area contributed by atoms with Crippen molar-refractivity contribution in [2.75, 3.05) is 20.2 Å². The lowest BCUT2D eigenvalue weighted by Crippen LogP contribution is -2.66. The minimum atomic E-state index is -2.30. The molecule has 13 nitrogen and oxygen atoms in total. The molecule has 0 aromatic heterocycles. The average Bonchev–Trinajstić information content (AvgIpc) is 3.66. The van der Waals surface area contributed by atoms with Gasteiger partial charge in [0, 0.05) is 19.4 Å². The minimum Gasteiger partial charge on any atom is -0.449 e. The van der Waals surface area contributed by atoms with Crippen LogP contribution in [0.1, 0.15) is 119 Å². The standard InChI is InChI=1S/C52H69N6O7/c1-34(47(60)46(37-22-10-5-11-23-37)52(55,33-59)48(61)43(54)30-35-18-6-3-7-19-35)58(2)50(63)44(28-16-17-29-53)56-49(62)45(31-36-20-8-4-9-21-36)57-51(64)65-32-42-40-26-14-12-24-38(40)39-25-13-15-27-41(39)42/h4,8-9,12-15,20-21,24-27,34-35,37,42-46H,3,5-7,10-11,16-19,22-23,28-32,53-55H2,1-2H3,(H,56,62)(H,57,64)/t34-,43+,44-,45-,46?,52+/m0/s1. The van der Waals surface area contributed by atoms with Crippen molar-refractivity contribution in [1.29, 1.82) is 0 Å². The number of rotatable bonds is 22. The van der Waals surface area contributed by atoms with Crippen molar-refractivity contribution in [2.45, 2.75) is 139 Å². The highest BCUT2D eigenvalue weighted by molar-refractivity contribution is 6.11. The second kappa shape index (κ2) is 23.3. The molecule has 6 atom stereocenters. The third-order valence-corrected chi connectivity index (χ3v) is 14.3. The predicted octanol–water partition coefficient (Wildman–Crippen LogP) is 6.04. The zero-order valence-corrected chi connectivity index (χ0v) is 38.2. The van der Waals surface area contributed by atoms with Gasteiger partial charge in [0.25, 0.3) is 0 Å². The molecule has 0 bridgehead atoms. The summed E-state index contributed by atoms with van der Waals surface area (Å²) in [4.78, 5) is 85.8. The van der Waals surface area contributed by atoms with Crippen molar-refractivity contribution >= 4 is 35.8 Å². The Labute approximate surface area is 384 Å². The van der Waals surface area contributed by atoms with E-state index in [1.165, 1.54) is 11.9 Å². The third kappa shape index (κ3) is 12.0. The maximum Gasteiger partial charge on any atom is 0.407 e. The Morgan fingerprint density at radius 2 is 1.38 bits per heavy atom. The van der Waals surface area contributed by atoms with E-state index in [4.69, 9.17) is 21.9 Å². The fourth-order valence-electron chi connectivity index (χ4n) is 10.5. The highest BCUT2D eigenvalue weighted by atomic mass is 16.5. The van der Waals surface area contributed by atoms with Gasteiger partial charge < -0.3 is 37.5 Å². The van der Waals surface area contributed by atoms with Gasteiger partial charge in [-0.2, -0.15) is 0 Å². The first-order chi connectivity index (χ1) is 31.4. The normalized spacial score (nSPS) is 18.7. The van der Waals surface area contributed by atoms with Crippen molar-refractivity contribution in [3.05, 3.63) is 95.6 Å². The van der Waals surface area contributed by atoms with E-state index >= 15 is 0 Å². The number of unbranched alkanes of at least 4 members (excludes halogenated alkanes) is 1. The summed E-state index contributed by atoms with van der Waals surface area (Å²) in [5.41, 5.74) is 21.9.